The first-order valence-electron chi connectivity index (χ1n) is 11.9. The van der Waals surface area contributed by atoms with Crippen LogP contribution >= 0.6 is 0 Å². The number of carbonyl (C=O) groups excluding carboxylic acids is 3. The minimum atomic E-state index is -0.583. The highest BCUT2D eigenvalue weighted by molar-refractivity contribution is 5.97. The molecule has 1 fully saturated rings. The third-order valence-corrected chi connectivity index (χ3v) is 6.38. The first-order valence-corrected chi connectivity index (χ1v) is 11.9. The molecule has 1 unspecified atom stereocenters. The summed E-state index contributed by atoms with van der Waals surface area (Å²) in [5.41, 5.74) is 2.69. The second kappa shape index (κ2) is 10.2. The number of aromatic nitrogens is 2. The van der Waals surface area contributed by atoms with Gasteiger partial charge >= 0.3 is 0 Å². The van der Waals surface area contributed by atoms with Crippen LogP contribution in [-0.2, 0) is 33.9 Å². The normalized spacial score (nSPS) is 18.3. The number of anilines is 1. The molecule has 2 aromatic rings. The van der Waals surface area contributed by atoms with E-state index in [0.29, 0.717) is 25.1 Å². The Morgan fingerprint density at radius 2 is 1.85 bits per heavy atom. The Morgan fingerprint density at radius 1 is 1.12 bits per heavy atom. The minimum Gasteiger partial charge on any atom is -0.352 e. The topological polar surface area (TPSA) is 96.3 Å². The largest absolute Gasteiger partial charge is 0.352 e. The number of fused-ring (bicyclic) bond motifs is 1. The molecule has 4 rings (SSSR count). The van der Waals surface area contributed by atoms with Crippen LogP contribution in [0.3, 0.4) is 0 Å². The molecule has 0 radical (unpaired) electrons. The number of rotatable bonds is 7. The van der Waals surface area contributed by atoms with E-state index in [1.807, 2.05) is 38.1 Å². The van der Waals surface area contributed by atoms with Crippen LogP contribution in [0.1, 0.15) is 57.1 Å². The lowest BCUT2D eigenvalue weighted by atomic mass is 9.92. The van der Waals surface area contributed by atoms with Gasteiger partial charge in [0.25, 0.3) is 0 Å². The Labute approximate surface area is 194 Å². The maximum Gasteiger partial charge on any atom is 0.247 e. The van der Waals surface area contributed by atoms with Crippen molar-refractivity contribution in [3.63, 3.8) is 0 Å². The lowest BCUT2D eigenvalue weighted by Crippen LogP contribution is -2.50. The number of nitrogens with zero attached hydrogens (tertiary/aromatic N) is 3. The first-order chi connectivity index (χ1) is 15.9. The monoisotopic (exact) mass is 451 g/mol. The third-order valence-electron chi connectivity index (χ3n) is 6.38. The maximum absolute atomic E-state index is 13.2. The van der Waals surface area contributed by atoms with Crippen molar-refractivity contribution in [2.24, 2.45) is 5.92 Å². The minimum absolute atomic E-state index is 0.0149. The standard InChI is InChI=1S/C25H33N5O3/c1-17(2)11-24(32)30-14-19-8-4-3-7-18(19)12-22(30)25(33)28-21-13-26-29(15-21)16-23(31)27-20-9-5-6-10-20/h3-4,7-8,13,15,17,20,22H,5-6,9-12,14,16H2,1-2H3,(H,27,31)(H,28,33). The fraction of sp³-hybridized carbons (Fsp3) is 0.520. The van der Waals surface area contributed by atoms with Crippen molar-refractivity contribution < 1.29 is 14.4 Å². The smallest absolute Gasteiger partial charge is 0.247 e. The van der Waals surface area contributed by atoms with Crippen LogP contribution in [0, 0.1) is 5.92 Å². The Balaban J connectivity index is 1.41. The molecule has 1 aromatic heterocycles. The van der Waals surface area contributed by atoms with Gasteiger partial charge < -0.3 is 15.5 Å². The molecule has 1 aliphatic heterocycles. The van der Waals surface area contributed by atoms with Crippen LogP contribution in [0.4, 0.5) is 5.69 Å². The van der Waals surface area contributed by atoms with E-state index in [2.05, 4.69) is 15.7 Å². The quantitative estimate of drug-likeness (QED) is 0.677. The predicted octanol–water partition coefficient (Wildman–Crippen LogP) is 2.88. The van der Waals surface area contributed by atoms with E-state index in [1.165, 1.54) is 10.9 Å². The number of amides is 3. The summed E-state index contributed by atoms with van der Waals surface area (Å²) in [6, 6.07) is 7.62. The van der Waals surface area contributed by atoms with E-state index < -0.39 is 6.04 Å². The van der Waals surface area contributed by atoms with Crippen molar-refractivity contribution in [3.8, 4) is 0 Å². The van der Waals surface area contributed by atoms with Gasteiger partial charge in [0.2, 0.25) is 17.7 Å². The molecule has 2 N–H and O–H groups in total. The average Bonchev–Trinajstić information content (AvgIpc) is 3.44. The van der Waals surface area contributed by atoms with Crippen molar-refractivity contribution in [1.29, 1.82) is 0 Å². The molecule has 8 nitrogen and oxygen atoms in total. The summed E-state index contributed by atoms with van der Waals surface area (Å²) < 4.78 is 1.53. The van der Waals surface area contributed by atoms with Gasteiger partial charge in [-0.3, -0.25) is 19.1 Å². The van der Waals surface area contributed by atoms with Crippen LogP contribution in [0.25, 0.3) is 0 Å². The second-order valence-electron chi connectivity index (χ2n) is 9.57. The predicted molar refractivity (Wildman–Crippen MR) is 125 cm³/mol. The first kappa shape index (κ1) is 23.0. The van der Waals surface area contributed by atoms with Crippen LogP contribution in [0.15, 0.2) is 36.7 Å². The summed E-state index contributed by atoms with van der Waals surface area (Å²) >= 11 is 0. The van der Waals surface area contributed by atoms with Crippen molar-refractivity contribution in [2.45, 2.75) is 77.5 Å². The molecule has 8 heteroatoms. The maximum atomic E-state index is 13.2. The number of hydrogen-bond donors (Lipinski definition) is 2. The molecule has 176 valence electrons. The van der Waals surface area contributed by atoms with E-state index in [9.17, 15) is 14.4 Å². The fourth-order valence-electron chi connectivity index (χ4n) is 4.72. The summed E-state index contributed by atoms with van der Waals surface area (Å²) in [7, 11) is 0. The highest BCUT2D eigenvalue weighted by atomic mass is 16.2. The van der Waals surface area contributed by atoms with Crippen molar-refractivity contribution in [3.05, 3.63) is 47.8 Å². The molecule has 1 aliphatic carbocycles. The van der Waals surface area contributed by atoms with Gasteiger partial charge in [0, 0.05) is 31.6 Å². The summed E-state index contributed by atoms with van der Waals surface area (Å²) in [5, 5.41) is 10.2. The molecule has 1 aromatic carbocycles. The lowest BCUT2D eigenvalue weighted by Gasteiger charge is -2.36. The summed E-state index contributed by atoms with van der Waals surface area (Å²) in [4.78, 5) is 40.1. The van der Waals surface area contributed by atoms with Gasteiger partial charge in [-0.1, -0.05) is 51.0 Å². The van der Waals surface area contributed by atoms with Gasteiger partial charge in [0.15, 0.2) is 0 Å². The molecule has 1 saturated carbocycles. The Kier molecular flexibility index (Phi) is 7.11. The fourth-order valence-corrected chi connectivity index (χ4v) is 4.72. The van der Waals surface area contributed by atoms with Gasteiger partial charge in [-0.25, -0.2) is 0 Å². The molecule has 0 spiro atoms. The summed E-state index contributed by atoms with van der Waals surface area (Å²) in [5.74, 6) is -0.111. The van der Waals surface area contributed by atoms with E-state index in [0.717, 1.165) is 36.8 Å². The van der Waals surface area contributed by atoms with E-state index in [1.54, 1.807) is 11.1 Å². The van der Waals surface area contributed by atoms with Gasteiger partial charge in [0.05, 0.1) is 11.9 Å². The van der Waals surface area contributed by atoms with Gasteiger partial charge in [-0.2, -0.15) is 5.10 Å². The van der Waals surface area contributed by atoms with Crippen LogP contribution in [0.5, 0.6) is 0 Å². The molecule has 2 aliphatic rings. The molecular weight excluding hydrogens is 418 g/mol. The molecule has 1 atom stereocenters. The number of hydrogen-bond acceptors (Lipinski definition) is 4. The average molecular weight is 452 g/mol. The number of benzene rings is 1. The van der Waals surface area contributed by atoms with Crippen LogP contribution < -0.4 is 10.6 Å². The molecular formula is C25H33N5O3. The second-order valence-corrected chi connectivity index (χ2v) is 9.57. The van der Waals surface area contributed by atoms with E-state index >= 15 is 0 Å². The third kappa shape index (κ3) is 5.80. The lowest BCUT2D eigenvalue weighted by molar-refractivity contribution is -0.140. The van der Waals surface area contributed by atoms with Gasteiger partial charge in [-0.15, -0.1) is 0 Å². The Bertz CT molecular complexity index is 1010. The van der Waals surface area contributed by atoms with Crippen molar-refractivity contribution in [2.75, 3.05) is 5.32 Å². The zero-order chi connectivity index (χ0) is 23.4. The van der Waals surface area contributed by atoms with Gasteiger partial charge in [0.1, 0.15) is 12.6 Å². The highest BCUT2D eigenvalue weighted by Gasteiger charge is 2.34. The molecule has 2 heterocycles. The summed E-state index contributed by atoms with van der Waals surface area (Å²) in [6.45, 7) is 4.55. The van der Waals surface area contributed by atoms with Crippen LogP contribution in [-0.4, -0.2) is 44.5 Å². The SMILES string of the molecule is CC(C)CC(=O)N1Cc2ccccc2CC1C(=O)Nc1cnn(CC(=O)NC2CCCC2)c1. The van der Waals surface area contributed by atoms with Crippen LogP contribution in [0.2, 0.25) is 0 Å². The van der Waals surface area contributed by atoms with E-state index in [-0.39, 0.29) is 36.2 Å². The molecule has 0 bridgehead atoms. The van der Waals surface area contributed by atoms with Gasteiger partial charge in [-0.05, 0) is 29.9 Å². The molecule has 0 saturated heterocycles. The number of carbonyl (C=O) groups is 3. The molecule has 3 amide bonds. The van der Waals surface area contributed by atoms with Crippen molar-refractivity contribution >= 4 is 23.4 Å². The summed E-state index contributed by atoms with van der Waals surface area (Å²) in [6.07, 6.45) is 8.45. The van der Waals surface area contributed by atoms with E-state index in [4.69, 9.17) is 0 Å². The zero-order valence-electron chi connectivity index (χ0n) is 19.4. The number of nitrogens with one attached hydrogen (secondary N) is 2. The zero-order valence-corrected chi connectivity index (χ0v) is 19.4. The Hall–Kier alpha value is -3.16. The Morgan fingerprint density at radius 3 is 2.58 bits per heavy atom. The highest BCUT2D eigenvalue weighted by Crippen LogP contribution is 2.26. The molecule has 33 heavy (non-hydrogen) atoms. The van der Waals surface area contributed by atoms with Crippen molar-refractivity contribution in [1.82, 2.24) is 20.0 Å².